The number of hydrogen-bond donors (Lipinski definition) is 2. The summed E-state index contributed by atoms with van der Waals surface area (Å²) in [7, 11) is 0. The zero-order chi connectivity index (χ0) is 12.1. The van der Waals surface area contributed by atoms with E-state index in [0.717, 1.165) is 24.7 Å². The second kappa shape index (κ2) is 5.87. The van der Waals surface area contributed by atoms with E-state index in [1.54, 1.807) is 6.20 Å². The maximum Gasteiger partial charge on any atom is 0.125 e. The Labute approximate surface area is 103 Å². The molecule has 0 aliphatic carbocycles. The number of nitrogen functional groups attached to an aromatic ring is 1. The van der Waals surface area contributed by atoms with Crippen molar-refractivity contribution in [2.45, 2.75) is 19.8 Å². The lowest BCUT2D eigenvalue weighted by atomic mass is 9.99. The van der Waals surface area contributed by atoms with E-state index < -0.39 is 0 Å². The van der Waals surface area contributed by atoms with Gasteiger partial charge < -0.3 is 16.0 Å². The first-order chi connectivity index (χ1) is 8.24. The Kier molecular flexibility index (Phi) is 4.20. The van der Waals surface area contributed by atoms with Gasteiger partial charge >= 0.3 is 0 Å². The first-order valence-electron chi connectivity index (χ1n) is 6.42. The van der Waals surface area contributed by atoms with Crippen LogP contribution < -0.4 is 11.1 Å². The number of likely N-dealkylation sites (tertiary alicyclic amines) is 1. The Morgan fingerprint density at radius 3 is 2.94 bits per heavy atom. The normalized spacial score (nSPS) is 18.2. The lowest BCUT2D eigenvalue weighted by Crippen LogP contribution is -2.36. The number of nitrogens with one attached hydrogen (secondary N) is 1. The second-order valence-corrected chi connectivity index (χ2v) is 4.92. The Bertz CT molecular complexity index is 345. The summed E-state index contributed by atoms with van der Waals surface area (Å²) >= 11 is 0. The SMILES string of the molecule is CC1CCN(CCNc2ccnc(N)c2)CC1. The van der Waals surface area contributed by atoms with E-state index in [-0.39, 0.29) is 0 Å². The third-order valence-electron chi connectivity index (χ3n) is 3.41. The Balaban J connectivity index is 1.69. The van der Waals surface area contributed by atoms with E-state index in [2.05, 4.69) is 22.1 Å². The average Bonchev–Trinajstić information content (AvgIpc) is 2.32. The maximum atomic E-state index is 5.63. The minimum absolute atomic E-state index is 0.571. The third kappa shape index (κ3) is 3.89. The molecule has 1 saturated heterocycles. The van der Waals surface area contributed by atoms with Crippen LogP contribution in [0.4, 0.5) is 11.5 Å². The molecule has 1 aromatic heterocycles. The van der Waals surface area contributed by atoms with Gasteiger partial charge in [-0.1, -0.05) is 6.92 Å². The molecule has 4 heteroatoms. The zero-order valence-electron chi connectivity index (χ0n) is 10.5. The molecule has 1 aromatic rings. The van der Waals surface area contributed by atoms with Crippen LogP contribution in [0.1, 0.15) is 19.8 Å². The smallest absolute Gasteiger partial charge is 0.125 e. The summed E-state index contributed by atoms with van der Waals surface area (Å²) in [6, 6.07) is 3.83. The van der Waals surface area contributed by atoms with E-state index in [0.29, 0.717) is 5.82 Å². The van der Waals surface area contributed by atoms with Crippen molar-refractivity contribution in [2.75, 3.05) is 37.2 Å². The second-order valence-electron chi connectivity index (χ2n) is 4.92. The number of nitrogens with two attached hydrogens (primary N) is 1. The van der Waals surface area contributed by atoms with Crippen molar-refractivity contribution < 1.29 is 0 Å². The fourth-order valence-electron chi connectivity index (χ4n) is 2.20. The van der Waals surface area contributed by atoms with Crippen LogP contribution in [-0.4, -0.2) is 36.1 Å². The molecule has 2 rings (SSSR count). The Morgan fingerprint density at radius 1 is 1.47 bits per heavy atom. The summed E-state index contributed by atoms with van der Waals surface area (Å²) in [5.74, 6) is 1.47. The van der Waals surface area contributed by atoms with Gasteiger partial charge in [-0.2, -0.15) is 0 Å². The van der Waals surface area contributed by atoms with E-state index in [9.17, 15) is 0 Å². The largest absolute Gasteiger partial charge is 0.384 e. The minimum atomic E-state index is 0.571. The van der Waals surface area contributed by atoms with Gasteiger partial charge in [-0.15, -0.1) is 0 Å². The van der Waals surface area contributed by atoms with Crippen molar-refractivity contribution in [2.24, 2.45) is 5.92 Å². The predicted octanol–water partition coefficient (Wildman–Crippen LogP) is 1.81. The van der Waals surface area contributed by atoms with Crippen LogP contribution in [0.15, 0.2) is 18.3 Å². The lowest BCUT2D eigenvalue weighted by molar-refractivity contribution is 0.199. The number of hydrogen-bond acceptors (Lipinski definition) is 4. The highest BCUT2D eigenvalue weighted by atomic mass is 15.1. The van der Waals surface area contributed by atoms with Crippen LogP contribution in [0.5, 0.6) is 0 Å². The minimum Gasteiger partial charge on any atom is -0.384 e. The quantitative estimate of drug-likeness (QED) is 0.834. The molecule has 1 aliphatic rings. The van der Waals surface area contributed by atoms with Crippen LogP contribution in [0, 0.1) is 5.92 Å². The van der Waals surface area contributed by atoms with Crippen LogP contribution in [0.2, 0.25) is 0 Å². The van der Waals surface area contributed by atoms with Crippen LogP contribution in [0.25, 0.3) is 0 Å². The molecule has 0 unspecified atom stereocenters. The van der Waals surface area contributed by atoms with E-state index in [1.165, 1.54) is 25.9 Å². The molecule has 0 amide bonds. The summed E-state index contributed by atoms with van der Waals surface area (Å²) in [4.78, 5) is 6.50. The molecule has 4 nitrogen and oxygen atoms in total. The molecule has 17 heavy (non-hydrogen) atoms. The van der Waals surface area contributed by atoms with Crippen LogP contribution in [-0.2, 0) is 0 Å². The van der Waals surface area contributed by atoms with Crippen molar-refractivity contribution in [1.29, 1.82) is 0 Å². The number of pyridine rings is 1. The molecule has 0 saturated carbocycles. The fraction of sp³-hybridized carbons (Fsp3) is 0.615. The van der Waals surface area contributed by atoms with Gasteiger partial charge in [0.15, 0.2) is 0 Å². The monoisotopic (exact) mass is 234 g/mol. The molecule has 94 valence electrons. The maximum absolute atomic E-state index is 5.63. The highest BCUT2D eigenvalue weighted by Crippen LogP contribution is 2.15. The molecule has 1 aliphatic heterocycles. The summed E-state index contributed by atoms with van der Waals surface area (Å²) < 4.78 is 0. The first-order valence-corrected chi connectivity index (χ1v) is 6.42. The molecule has 0 atom stereocenters. The molecule has 2 heterocycles. The molecule has 0 spiro atoms. The third-order valence-corrected chi connectivity index (χ3v) is 3.41. The van der Waals surface area contributed by atoms with Gasteiger partial charge in [-0.25, -0.2) is 4.98 Å². The first kappa shape index (κ1) is 12.2. The van der Waals surface area contributed by atoms with Gasteiger partial charge in [0.05, 0.1) is 0 Å². The Hall–Kier alpha value is -1.29. The highest BCUT2D eigenvalue weighted by Gasteiger charge is 2.14. The van der Waals surface area contributed by atoms with Crippen molar-refractivity contribution in [1.82, 2.24) is 9.88 Å². The zero-order valence-corrected chi connectivity index (χ0v) is 10.5. The lowest BCUT2D eigenvalue weighted by Gasteiger charge is -2.30. The summed E-state index contributed by atoms with van der Waals surface area (Å²) in [5, 5.41) is 3.38. The van der Waals surface area contributed by atoms with Crippen molar-refractivity contribution in [3.8, 4) is 0 Å². The number of piperidine rings is 1. The van der Waals surface area contributed by atoms with Crippen LogP contribution in [0.3, 0.4) is 0 Å². The molecule has 0 aromatic carbocycles. The molecule has 0 bridgehead atoms. The van der Waals surface area contributed by atoms with Gasteiger partial charge in [-0.05, 0) is 37.9 Å². The summed E-state index contributed by atoms with van der Waals surface area (Å²) in [5.41, 5.74) is 6.69. The summed E-state index contributed by atoms with van der Waals surface area (Å²) in [6.45, 7) is 6.89. The van der Waals surface area contributed by atoms with Crippen LogP contribution >= 0.6 is 0 Å². The van der Waals surface area contributed by atoms with Crippen molar-refractivity contribution >= 4 is 11.5 Å². The number of rotatable bonds is 4. The number of aromatic nitrogens is 1. The van der Waals surface area contributed by atoms with Crippen molar-refractivity contribution in [3.63, 3.8) is 0 Å². The average molecular weight is 234 g/mol. The van der Waals surface area contributed by atoms with E-state index in [4.69, 9.17) is 5.73 Å². The van der Waals surface area contributed by atoms with Crippen molar-refractivity contribution in [3.05, 3.63) is 18.3 Å². The predicted molar refractivity (Wildman–Crippen MR) is 72.0 cm³/mol. The molecular formula is C13H22N4. The molecule has 1 fully saturated rings. The van der Waals surface area contributed by atoms with E-state index >= 15 is 0 Å². The van der Waals surface area contributed by atoms with E-state index in [1.807, 2.05) is 12.1 Å². The molecule has 0 radical (unpaired) electrons. The molecular weight excluding hydrogens is 212 g/mol. The topological polar surface area (TPSA) is 54.2 Å². The standard InChI is InChI=1S/C13H22N4/c1-11-3-7-17(8-4-11)9-6-15-12-2-5-16-13(14)10-12/h2,5,10-11H,3-4,6-9H2,1H3,(H3,14,15,16). The number of anilines is 2. The van der Waals surface area contributed by atoms with Gasteiger partial charge in [0.2, 0.25) is 0 Å². The van der Waals surface area contributed by atoms with Gasteiger partial charge in [-0.3, -0.25) is 0 Å². The highest BCUT2D eigenvalue weighted by molar-refractivity contribution is 5.49. The van der Waals surface area contributed by atoms with Gasteiger partial charge in [0, 0.05) is 31.0 Å². The number of nitrogens with zero attached hydrogens (tertiary/aromatic N) is 2. The molecule has 3 N–H and O–H groups in total. The summed E-state index contributed by atoms with van der Waals surface area (Å²) in [6.07, 6.45) is 4.41. The Morgan fingerprint density at radius 2 is 2.24 bits per heavy atom. The fourth-order valence-corrected chi connectivity index (χ4v) is 2.20. The van der Waals surface area contributed by atoms with Gasteiger partial charge in [0.25, 0.3) is 0 Å². The van der Waals surface area contributed by atoms with Gasteiger partial charge in [0.1, 0.15) is 5.82 Å².